The molecule has 1 saturated heterocycles. The van der Waals surface area contributed by atoms with Crippen LogP contribution in [0.5, 0.6) is 0 Å². The maximum atomic E-state index is 11.8. The van der Waals surface area contributed by atoms with Gasteiger partial charge in [-0.1, -0.05) is 6.42 Å². The number of piperidine rings is 1. The molecule has 0 bridgehead atoms. The van der Waals surface area contributed by atoms with Crippen LogP contribution in [0.3, 0.4) is 0 Å². The number of thiazole rings is 1. The number of carbonyl (C=O) groups is 1. The average Bonchev–Trinajstić information content (AvgIpc) is 2.81. The molecule has 0 aliphatic carbocycles. The third-order valence-electron chi connectivity index (χ3n) is 3.16. The molecule has 0 saturated carbocycles. The van der Waals surface area contributed by atoms with Gasteiger partial charge < -0.3 is 10.6 Å². The van der Waals surface area contributed by atoms with Crippen LogP contribution < -0.4 is 10.6 Å². The van der Waals surface area contributed by atoms with Gasteiger partial charge in [0.15, 0.2) is 0 Å². The predicted octanol–water partition coefficient (Wildman–Crippen LogP) is 1.64. The summed E-state index contributed by atoms with van der Waals surface area (Å²) in [6.45, 7) is 3.72. The number of carbonyl (C=O) groups excluding carboxylic acids is 1. The van der Waals surface area contributed by atoms with E-state index in [1.54, 1.807) is 11.3 Å². The van der Waals surface area contributed by atoms with E-state index in [0.29, 0.717) is 0 Å². The molecule has 2 heterocycles. The van der Waals surface area contributed by atoms with Gasteiger partial charge in [-0.3, -0.25) is 4.79 Å². The second-order valence-electron chi connectivity index (χ2n) is 4.78. The van der Waals surface area contributed by atoms with Crippen LogP contribution in [0.15, 0.2) is 5.38 Å². The smallest absolute Gasteiger partial charge is 0.237 e. The van der Waals surface area contributed by atoms with Crippen LogP contribution in [-0.4, -0.2) is 30.0 Å². The van der Waals surface area contributed by atoms with Crippen molar-refractivity contribution in [2.45, 2.75) is 45.1 Å². The summed E-state index contributed by atoms with van der Waals surface area (Å²) in [4.78, 5) is 16.2. The molecule has 1 aliphatic rings. The molecule has 100 valence electrons. The Labute approximate surface area is 112 Å². The van der Waals surface area contributed by atoms with Crippen molar-refractivity contribution in [3.05, 3.63) is 16.1 Å². The summed E-state index contributed by atoms with van der Waals surface area (Å²) >= 11 is 1.70. The third-order valence-corrected chi connectivity index (χ3v) is 4.19. The predicted molar refractivity (Wildman–Crippen MR) is 73.8 cm³/mol. The van der Waals surface area contributed by atoms with Crippen molar-refractivity contribution in [2.24, 2.45) is 0 Å². The molecule has 1 atom stereocenters. The summed E-state index contributed by atoms with van der Waals surface area (Å²) in [5, 5.41) is 9.50. The SMILES string of the molecule is Cc1csc(CCCNC(=O)C2CCCCN2)n1. The average molecular weight is 267 g/mol. The molecule has 0 aromatic carbocycles. The lowest BCUT2D eigenvalue weighted by molar-refractivity contribution is -0.123. The van der Waals surface area contributed by atoms with E-state index < -0.39 is 0 Å². The van der Waals surface area contributed by atoms with Gasteiger partial charge in [-0.25, -0.2) is 4.98 Å². The topological polar surface area (TPSA) is 54.0 Å². The minimum absolute atomic E-state index is 0.0286. The zero-order valence-corrected chi connectivity index (χ0v) is 11.7. The van der Waals surface area contributed by atoms with Gasteiger partial charge in [0.2, 0.25) is 5.91 Å². The van der Waals surface area contributed by atoms with Crippen LogP contribution in [0, 0.1) is 6.92 Å². The van der Waals surface area contributed by atoms with Gasteiger partial charge >= 0.3 is 0 Å². The summed E-state index contributed by atoms with van der Waals surface area (Å²) in [5.74, 6) is 0.157. The molecule has 2 rings (SSSR count). The molecule has 1 aromatic heterocycles. The molecule has 18 heavy (non-hydrogen) atoms. The molecule has 1 unspecified atom stereocenters. The number of nitrogens with zero attached hydrogens (tertiary/aromatic N) is 1. The fourth-order valence-corrected chi connectivity index (χ4v) is 2.99. The molecule has 4 nitrogen and oxygen atoms in total. The second-order valence-corrected chi connectivity index (χ2v) is 5.72. The van der Waals surface area contributed by atoms with Gasteiger partial charge in [0.05, 0.1) is 11.0 Å². The minimum atomic E-state index is 0.0286. The molecular weight excluding hydrogens is 246 g/mol. The van der Waals surface area contributed by atoms with Gasteiger partial charge in [0.1, 0.15) is 0 Å². The first-order valence-corrected chi connectivity index (χ1v) is 7.56. The number of hydrogen-bond donors (Lipinski definition) is 2. The number of rotatable bonds is 5. The van der Waals surface area contributed by atoms with E-state index in [9.17, 15) is 4.79 Å². The molecule has 1 amide bonds. The molecule has 0 spiro atoms. The van der Waals surface area contributed by atoms with E-state index in [2.05, 4.69) is 21.0 Å². The highest BCUT2D eigenvalue weighted by Crippen LogP contribution is 2.10. The van der Waals surface area contributed by atoms with E-state index in [0.717, 1.165) is 49.5 Å². The van der Waals surface area contributed by atoms with Gasteiger partial charge in [-0.05, 0) is 32.7 Å². The highest BCUT2D eigenvalue weighted by atomic mass is 32.1. The molecule has 0 radical (unpaired) electrons. The van der Waals surface area contributed by atoms with Gasteiger partial charge in [0.25, 0.3) is 0 Å². The molecule has 1 aromatic rings. The van der Waals surface area contributed by atoms with Crippen LogP contribution in [0.4, 0.5) is 0 Å². The second kappa shape index (κ2) is 6.85. The van der Waals surface area contributed by atoms with Gasteiger partial charge in [-0.2, -0.15) is 0 Å². The molecule has 2 N–H and O–H groups in total. The lowest BCUT2D eigenvalue weighted by Gasteiger charge is -2.22. The molecule has 1 fully saturated rings. The Morgan fingerprint density at radius 1 is 1.61 bits per heavy atom. The Balaban J connectivity index is 1.61. The number of aromatic nitrogens is 1. The van der Waals surface area contributed by atoms with Crippen LogP contribution >= 0.6 is 11.3 Å². The maximum Gasteiger partial charge on any atom is 0.237 e. The Morgan fingerprint density at radius 2 is 2.50 bits per heavy atom. The number of hydrogen-bond acceptors (Lipinski definition) is 4. The van der Waals surface area contributed by atoms with Crippen LogP contribution in [0.1, 0.15) is 36.4 Å². The van der Waals surface area contributed by atoms with Crippen molar-refractivity contribution in [2.75, 3.05) is 13.1 Å². The molecule has 1 aliphatic heterocycles. The Kier molecular flexibility index (Phi) is 5.13. The fraction of sp³-hybridized carbons (Fsp3) is 0.692. The maximum absolute atomic E-state index is 11.8. The highest BCUT2D eigenvalue weighted by Gasteiger charge is 2.19. The van der Waals surface area contributed by atoms with E-state index in [1.165, 1.54) is 6.42 Å². The monoisotopic (exact) mass is 267 g/mol. The first kappa shape index (κ1) is 13.5. The first-order chi connectivity index (χ1) is 8.75. The summed E-state index contributed by atoms with van der Waals surface area (Å²) in [6.07, 6.45) is 5.23. The van der Waals surface area contributed by atoms with Crippen molar-refractivity contribution in [1.82, 2.24) is 15.6 Å². The van der Waals surface area contributed by atoms with E-state index >= 15 is 0 Å². The van der Waals surface area contributed by atoms with E-state index in [4.69, 9.17) is 0 Å². The Morgan fingerprint density at radius 3 is 3.17 bits per heavy atom. The number of nitrogens with one attached hydrogen (secondary N) is 2. The number of amides is 1. The largest absolute Gasteiger partial charge is 0.355 e. The lowest BCUT2D eigenvalue weighted by Crippen LogP contribution is -2.46. The van der Waals surface area contributed by atoms with E-state index in [1.807, 2.05) is 6.92 Å². The van der Waals surface area contributed by atoms with Crippen LogP contribution in [0.2, 0.25) is 0 Å². The van der Waals surface area contributed by atoms with Crippen molar-refractivity contribution >= 4 is 17.2 Å². The molecular formula is C13H21N3OS. The Hall–Kier alpha value is -0.940. The van der Waals surface area contributed by atoms with E-state index in [-0.39, 0.29) is 11.9 Å². The Bertz CT molecular complexity index is 385. The quantitative estimate of drug-likeness (QED) is 0.798. The van der Waals surface area contributed by atoms with Crippen molar-refractivity contribution in [1.29, 1.82) is 0 Å². The van der Waals surface area contributed by atoms with Gasteiger partial charge in [0, 0.05) is 24.0 Å². The normalized spacial score (nSPS) is 19.7. The molecule has 5 heteroatoms. The number of aryl methyl sites for hydroxylation is 2. The lowest BCUT2D eigenvalue weighted by atomic mass is 10.0. The summed E-state index contributed by atoms with van der Waals surface area (Å²) < 4.78 is 0. The zero-order valence-electron chi connectivity index (χ0n) is 10.9. The summed E-state index contributed by atoms with van der Waals surface area (Å²) in [5.41, 5.74) is 1.09. The van der Waals surface area contributed by atoms with Crippen molar-refractivity contribution in [3.8, 4) is 0 Å². The van der Waals surface area contributed by atoms with Gasteiger partial charge in [-0.15, -0.1) is 11.3 Å². The zero-order chi connectivity index (χ0) is 12.8. The van der Waals surface area contributed by atoms with Crippen LogP contribution in [-0.2, 0) is 11.2 Å². The standard InChI is InChI=1S/C13H21N3OS/c1-10-9-18-12(16-10)6-4-8-15-13(17)11-5-2-3-7-14-11/h9,11,14H,2-8H2,1H3,(H,15,17). The summed E-state index contributed by atoms with van der Waals surface area (Å²) in [6, 6.07) is 0.0286. The summed E-state index contributed by atoms with van der Waals surface area (Å²) in [7, 11) is 0. The first-order valence-electron chi connectivity index (χ1n) is 6.68. The van der Waals surface area contributed by atoms with Crippen molar-refractivity contribution < 1.29 is 4.79 Å². The highest BCUT2D eigenvalue weighted by molar-refractivity contribution is 7.09. The third kappa shape index (κ3) is 4.07. The fourth-order valence-electron chi connectivity index (χ4n) is 2.17. The minimum Gasteiger partial charge on any atom is -0.355 e. The van der Waals surface area contributed by atoms with Crippen LogP contribution in [0.25, 0.3) is 0 Å². The van der Waals surface area contributed by atoms with Crippen molar-refractivity contribution in [3.63, 3.8) is 0 Å².